The molecule has 0 aliphatic rings. The van der Waals surface area contributed by atoms with Gasteiger partial charge in [-0.2, -0.15) is 0 Å². The van der Waals surface area contributed by atoms with E-state index >= 15 is 0 Å². The molecule has 0 atom stereocenters. The molecule has 0 bridgehead atoms. The molecule has 3 rings (SSSR count). The van der Waals surface area contributed by atoms with Crippen molar-refractivity contribution < 1.29 is 13.2 Å². The molecule has 5 nitrogen and oxygen atoms in total. The Morgan fingerprint density at radius 2 is 1.45 bits per heavy atom. The van der Waals surface area contributed by atoms with E-state index in [1.54, 1.807) is 48.5 Å². The quantitative estimate of drug-likeness (QED) is 0.596. The van der Waals surface area contributed by atoms with Crippen molar-refractivity contribution in [1.82, 2.24) is 5.32 Å². The van der Waals surface area contributed by atoms with E-state index in [9.17, 15) is 13.2 Å². The van der Waals surface area contributed by atoms with Crippen LogP contribution in [0.15, 0.2) is 83.8 Å². The van der Waals surface area contributed by atoms with Gasteiger partial charge in [-0.05, 0) is 57.5 Å². The number of carbonyl (C=O) groups excluding carboxylic acids is 1. The summed E-state index contributed by atoms with van der Waals surface area (Å²) in [5.41, 5.74) is 1.99. The van der Waals surface area contributed by atoms with Gasteiger partial charge in [-0.1, -0.05) is 60.2 Å². The average molecular weight is 437 g/mol. The third-order valence-electron chi connectivity index (χ3n) is 4.68. The molecule has 1 N–H and O–H groups in total. The number of sulfonamides is 1. The van der Waals surface area contributed by atoms with Gasteiger partial charge in [0.05, 0.1) is 22.7 Å². The summed E-state index contributed by atoms with van der Waals surface area (Å²) in [6.45, 7) is 7.68. The van der Waals surface area contributed by atoms with E-state index in [4.69, 9.17) is 0 Å². The molecule has 0 unspecified atom stereocenters. The van der Waals surface area contributed by atoms with Crippen molar-refractivity contribution in [3.05, 3.63) is 95.6 Å². The van der Waals surface area contributed by atoms with Crippen LogP contribution >= 0.6 is 0 Å². The lowest BCUT2D eigenvalue weighted by molar-refractivity contribution is 0.0920. The number of rotatable bonds is 6. The molecule has 1 amide bonds. The second kappa shape index (κ2) is 8.94. The maximum Gasteiger partial charge on any atom is 0.264 e. The number of nitrogens with zero attached hydrogens (tertiary/aromatic N) is 1. The first-order valence-electron chi connectivity index (χ1n) is 10.1. The van der Waals surface area contributed by atoms with E-state index in [0.717, 1.165) is 11.1 Å². The summed E-state index contributed by atoms with van der Waals surface area (Å²) >= 11 is 0. The fourth-order valence-electron chi connectivity index (χ4n) is 3.18. The Hall–Kier alpha value is -3.12. The zero-order valence-electron chi connectivity index (χ0n) is 18.3. The summed E-state index contributed by atoms with van der Waals surface area (Å²) in [7, 11) is -3.92. The number of benzene rings is 3. The van der Waals surface area contributed by atoms with Crippen molar-refractivity contribution in [1.29, 1.82) is 0 Å². The highest BCUT2D eigenvalue weighted by molar-refractivity contribution is 7.92. The van der Waals surface area contributed by atoms with Gasteiger partial charge in [0, 0.05) is 5.54 Å². The summed E-state index contributed by atoms with van der Waals surface area (Å²) in [5.74, 6) is -0.319. The third-order valence-corrected chi connectivity index (χ3v) is 6.46. The number of anilines is 1. The molecule has 0 saturated heterocycles. The third kappa shape index (κ3) is 5.52. The van der Waals surface area contributed by atoms with Crippen LogP contribution in [0.3, 0.4) is 0 Å². The van der Waals surface area contributed by atoms with Crippen molar-refractivity contribution in [3.63, 3.8) is 0 Å². The predicted octanol–water partition coefficient (Wildman–Crippen LogP) is 4.92. The Morgan fingerprint density at radius 3 is 2.06 bits per heavy atom. The second-order valence-electron chi connectivity index (χ2n) is 8.53. The van der Waals surface area contributed by atoms with Gasteiger partial charge in [-0.25, -0.2) is 8.42 Å². The largest absolute Gasteiger partial charge is 0.347 e. The lowest BCUT2D eigenvalue weighted by Gasteiger charge is -2.28. The molecule has 3 aromatic carbocycles. The van der Waals surface area contributed by atoms with Crippen LogP contribution < -0.4 is 9.62 Å². The van der Waals surface area contributed by atoms with E-state index in [0.29, 0.717) is 11.3 Å². The van der Waals surface area contributed by atoms with E-state index < -0.39 is 15.6 Å². The molecule has 162 valence electrons. The van der Waals surface area contributed by atoms with E-state index in [1.807, 2.05) is 58.0 Å². The zero-order valence-corrected chi connectivity index (χ0v) is 19.1. The Kier molecular flexibility index (Phi) is 6.51. The number of aryl methyl sites for hydroxylation is 1. The second-order valence-corrected chi connectivity index (χ2v) is 10.4. The maximum atomic E-state index is 13.7. The number of amides is 1. The van der Waals surface area contributed by atoms with Crippen molar-refractivity contribution >= 4 is 21.6 Å². The van der Waals surface area contributed by atoms with E-state index in [1.165, 1.54) is 4.31 Å². The molecular weight excluding hydrogens is 408 g/mol. The first-order chi connectivity index (χ1) is 14.6. The number of carbonyl (C=O) groups is 1. The van der Waals surface area contributed by atoms with Gasteiger partial charge < -0.3 is 5.32 Å². The molecule has 0 radical (unpaired) electrons. The van der Waals surface area contributed by atoms with Crippen molar-refractivity contribution in [2.45, 2.75) is 44.7 Å². The molecule has 0 heterocycles. The Balaban J connectivity index is 2.14. The average Bonchev–Trinajstić information content (AvgIpc) is 2.72. The van der Waals surface area contributed by atoms with Crippen LogP contribution in [-0.4, -0.2) is 19.9 Å². The summed E-state index contributed by atoms with van der Waals surface area (Å²) in [5, 5.41) is 2.93. The Labute approximate surface area is 184 Å². The first-order valence-corrected chi connectivity index (χ1v) is 11.6. The minimum atomic E-state index is -3.92. The van der Waals surface area contributed by atoms with Crippen LogP contribution in [0, 0.1) is 6.92 Å². The lowest BCUT2D eigenvalue weighted by atomic mass is 10.1. The molecule has 0 aliphatic carbocycles. The molecule has 0 aliphatic heterocycles. The van der Waals surface area contributed by atoms with Crippen molar-refractivity contribution in [2.24, 2.45) is 0 Å². The van der Waals surface area contributed by atoms with Crippen LogP contribution in [0.5, 0.6) is 0 Å². The minimum absolute atomic E-state index is 0.108. The first kappa shape index (κ1) is 22.6. The monoisotopic (exact) mass is 436 g/mol. The summed E-state index contributed by atoms with van der Waals surface area (Å²) in [6.07, 6.45) is 0. The summed E-state index contributed by atoms with van der Waals surface area (Å²) < 4.78 is 28.7. The standard InChI is InChI=1S/C25H28N2O3S/c1-19-14-16-21(17-15-19)31(29,30)27(18-20-10-6-5-7-11-20)23-13-9-8-12-22(23)24(28)26-25(2,3)4/h5-17H,18H2,1-4H3,(H,26,28). The molecule has 3 aromatic rings. The van der Waals surface area contributed by atoms with Crippen LogP contribution in [0.4, 0.5) is 5.69 Å². The van der Waals surface area contributed by atoms with E-state index in [-0.39, 0.29) is 17.3 Å². The number of para-hydroxylation sites is 1. The topological polar surface area (TPSA) is 66.5 Å². The van der Waals surface area contributed by atoms with Crippen LogP contribution in [-0.2, 0) is 16.6 Å². The highest BCUT2D eigenvalue weighted by Crippen LogP contribution is 2.29. The maximum absolute atomic E-state index is 13.7. The molecule has 31 heavy (non-hydrogen) atoms. The van der Waals surface area contributed by atoms with Crippen molar-refractivity contribution in [2.75, 3.05) is 4.31 Å². The van der Waals surface area contributed by atoms with Crippen LogP contribution in [0.1, 0.15) is 42.3 Å². The smallest absolute Gasteiger partial charge is 0.264 e. The molecular formula is C25H28N2O3S. The Bertz CT molecular complexity index is 1150. The normalized spacial score (nSPS) is 11.7. The van der Waals surface area contributed by atoms with Gasteiger partial charge in [0.1, 0.15) is 0 Å². The van der Waals surface area contributed by atoms with Gasteiger partial charge in [-0.15, -0.1) is 0 Å². The van der Waals surface area contributed by atoms with Crippen LogP contribution in [0.2, 0.25) is 0 Å². The van der Waals surface area contributed by atoms with Crippen molar-refractivity contribution in [3.8, 4) is 0 Å². The number of hydrogen-bond donors (Lipinski definition) is 1. The molecule has 6 heteroatoms. The highest BCUT2D eigenvalue weighted by atomic mass is 32.2. The lowest BCUT2D eigenvalue weighted by Crippen LogP contribution is -2.41. The molecule has 0 spiro atoms. The Morgan fingerprint density at radius 1 is 0.871 bits per heavy atom. The molecule has 0 saturated carbocycles. The fraction of sp³-hybridized carbons (Fsp3) is 0.240. The number of hydrogen-bond acceptors (Lipinski definition) is 3. The fourth-order valence-corrected chi connectivity index (χ4v) is 4.65. The zero-order chi connectivity index (χ0) is 22.6. The molecule has 0 aromatic heterocycles. The number of nitrogens with one attached hydrogen (secondary N) is 1. The van der Waals surface area contributed by atoms with Gasteiger partial charge in [0.25, 0.3) is 15.9 Å². The van der Waals surface area contributed by atoms with Gasteiger partial charge >= 0.3 is 0 Å². The summed E-state index contributed by atoms with van der Waals surface area (Å²) in [6, 6.07) is 22.9. The van der Waals surface area contributed by atoms with Gasteiger partial charge in [0.2, 0.25) is 0 Å². The molecule has 0 fully saturated rings. The van der Waals surface area contributed by atoms with Gasteiger partial charge in [0.15, 0.2) is 0 Å². The van der Waals surface area contributed by atoms with Crippen LogP contribution in [0.25, 0.3) is 0 Å². The predicted molar refractivity (Wildman–Crippen MR) is 125 cm³/mol. The summed E-state index contributed by atoms with van der Waals surface area (Å²) in [4.78, 5) is 13.2. The minimum Gasteiger partial charge on any atom is -0.347 e. The SMILES string of the molecule is Cc1ccc(S(=O)(=O)N(Cc2ccccc2)c2ccccc2C(=O)NC(C)(C)C)cc1. The van der Waals surface area contributed by atoms with E-state index in [2.05, 4.69) is 5.32 Å². The van der Waals surface area contributed by atoms with Gasteiger partial charge in [-0.3, -0.25) is 9.10 Å². The highest BCUT2D eigenvalue weighted by Gasteiger charge is 2.29.